The van der Waals surface area contributed by atoms with E-state index in [1.165, 1.54) is 4.70 Å². The van der Waals surface area contributed by atoms with Gasteiger partial charge in [-0.25, -0.2) is 4.98 Å². The Morgan fingerprint density at radius 2 is 1.96 bits per heavy atom. The molecule has 3 aromatic rings. The molecule has 0 unspecified atom stereocenters. The second-order valence-electron chi connectivity index (χ2n) is 6.54. The van der Waals surface area contributed by atoms with Crippen molar-refractivity contribution in [2.45, 2.75) is 25.4 Å². The summed E-state index contributed by atoms with van der Waals surface area (Å²) in [4.78, 5) is 19.2. The van der Waals surface area contributed by atoms with E-state index in [4.69, 9.17) is 4.74 Å². The van der Waals surface area contributed by atoms with E-state index in [2.05, 4.69) is 23.2 Å². The number of nitrogens with zero attached hydrogens (tertiary/aromatic N) is 2. The van der Waals surface area contributed by atoms with Crippen LogP contribution in [0.4, 0.5) is 0 Å². The van der Waals surface area contributed by atoms with Crippen LogP contribution in [0.3, 0.4) is 0 Å². The molecule has 1 saturated heterocycles. The van der Waals surface area contributed by atoms with Gasteiger partial charge in [-0.1, -0.05) is 42.5 Å². The van der Waals surface area contributed by atoms with E-state index in [0.717, 1.165) is 28.9 Å². The summed E-state index contributed by atoms with van der Waals surface area (Å²) < 4.78 is 7.07. The maximum Gasteiger partial charge on any atom is 0.222 e. The van der Waals surface area contributed by atoms with Gasteiger partial charge in [-0.15, -0.1) is 11.3 Å². The monoisotopic (exact) mass is 366 g/mol. The molecule has 4 rings (SSSR count). The fraction of sp³-hybridized carbons (Fsp3) is 0.333. The summed E-state index contributed by atoms with van der Waals surface area (Å²) in [7, 11) is 0. The number of aryl methyl sites for hydroxylation is 1. The lowest BCUT2D eigenvalue weighted by atomic mass is 10.1. The van der Waals surface area contributed by atoms with Crippen LogP contribution in [-0.2, 0) is 16.0 Å². The number of benzene rings is 2. The second-order valence-corrected chi connectivity index (χ2v) is 7.65. The number of ether oxygens (including phenoxy) is 1. The van der Waals surface area contributed by atoms with E-state index < -0.39 is 0 Å². The van der Waals surface area contributed by atoms with Gasteiger partial charge in [0.05, 0.1) is 28.4 Å². The van der Waals surface area contributed by atoms with Gasteiger partial charge in [-0.2, -0.15) is 0 Å². The van der Waals surface area contributed by atoms with Crippen molar-refractivity contribution in [2.24, 2.45) is 0 Å². The summed E-state index contributed by atoms with van der Waals surface area (Å²) in [5.41, 5.74) is 2.19. The molecule has 0 bridgehead atoms. The van der Waals surface area contributed by atoms with Gasteiger partial charge >= 0.3 is 0 Å². The number of rotatable bonds is 5. The van der Waals surface area contributed by atoms with E-state index >= 15 is 0 Å². The highest BCUT2D eigenvalue weighted by atomic mass is 32.1. The van der Waals surface area contributed by atoms with Crippen LogP contribution >= 0.6 is 11.3 Å². The summed E-state index contributed by atoms with van der Waals surface area (Å²) in [6, 6.07) is 18.3. The average Bonchev–Trinajstić information content (AvgIpc) is 3.11. The normalized spacial score (nSPS) is 17.5. The van der Waals surface area contributed by atoms with E-state index in [0.29, 0.717) is 26.1 Å². The zero-order chi connectivity index (χ0) is 17.8. The summed E-state index contributed by atoms with van der Waals surface area (Å²) in [6.07, 6.45) is 2.25. The number of carbonyl (C=O) groups excluding carboxylic acids is 1. The van der Waals surface area contributed by atoms with E-state index in [1.54, 1.807) is 11.3 Å². The van der Waals surface area contributed by atoms with Crippen LogP contribution in [0.15, 0.2) is 54.6 Å². The second kappa shape index (κ2) is 7.98. The lowest BCUT2D eigenvalue weighted by molar-refractivity contribution is -0.139. The highest BCUT2D eigenvalue weighted by molar-refractivity contribution is 7.18. The molecule has 1 atom stereocenters. The topological polar surface area (TPSA) is 42.4 Å². The minimum Gasteiger partial charge on any atom is -0.370 e. The average molecular weight is 366 g/mol. The third kappa shape index (κ3) is 3.94. The Balaban J connectivity index is 1.30. The van der Waals surface area contributed by atoms with Gasteiger partial charge in [-0.3, -0.25) is 4.79 Å². The molecule has 1 fully saturated rings. The van der Waals surface area contributed by atoms with Crippen molar-refractivity contribution in [2.75, 3.05) is 19.7 Å². The summed E-state index contributed by atoms with van der Waals surface area (Å²) in [5, 5.41) is 1.11. The Kier molecular flexibility index (Phi) is 5.27. The van der Waals surface area contributed by atoms with Crippen LogP contribution in [0.5, 0.6) is 0 Å². The van der Waals surface area contributed by atoms with Gasteiger partial charge in [0.25, 0.3) is 0 Å². The van der Waals surface area contributed by atoms with E-state index in [1.807, 2.05) is 41.3 Å². The molecule has 1 aliphatic heterocycles. The fourth-order valence-electron chi connectivity index (χ4n) is 3.32. The molecule has 1 amide bonds. The van der Waals surface area contributed by atoms with Crippen molar-refractivity contribution in [1.29, 1.82) is 0 Å². The standard InChI is InChI=1S/C21H22N2O2S/c24-21(12-6-11-20-22-17-9-4-5-10-19(17)26-20)23-13-14-25-18(15-23)16-7-2-1-3-8-16/h1-5,7-10,18H,6,11-15H2/t18-/m1/s1. The molecule has 1 aromatic heterocycles. The number of hydrogen-bond donors (Lipinski definition) is 0. The molecule has 1 aliphatic rings. The van der Waals surface area contributed by atoms with Gasteiger partial charge in [0, 0.05) is 13.0 Å². The first kappa shape index (κ1) is 17.2. The van der Waals surface area contributed by atoms with Crippen molar-refractivity contribution in [3.8, 4) is 0 Å². The van der Waals surface area contributed by atoms with Crippen LogP contribution in [0.2, 0.25) is 0 Å². The number of morpholine rings is 1. The zero-order valence-electron chi connectivity index (χ0n) is 14.6. The SMILES string of the molecule is O=C(CCCc1nc2ccccc2s1)N1CCO[C@@H](c2ccccc2)C1. The molecule has 5 heteroatoms. The predicted octanol–water partition coefficient (Wildman–Crippen LogP) is 4.22. The van der Waals surface area contributed by atoms with Crippen LogP contribution in [0, 0.1) is 0 Å². The molecular formula is C21H22N2O2S. The van der Waals surface area contributed by atoms with Gasteiger partial charge in [0.2, 0.25) is 5.91 Å². The van der Waals surface area contributed by atoms with Gasteiger partial charge in [0.15, 0.2) is 0 Å². The molecule has 0 spiro atoms. The van der Waals surface area contributed by atoms with Crippen molar-refractivity contribution < 1.29 is 9.53 Å². The molecule has 2 heterocycles. The van der Waals surface area contributed by atoms with Gasteiger partial charge < -0.3 is 9.64 Å². The number of fused-ring (bicyclic) bond motifs is 1. The molecular weight excluding hydrogens is 344 g/mol. The smallest absolute Gasteiger partial charge is 0.222 e. The predicted molar refractivity (Wildman–Crippen MR) is 104 cm³/mol. The largest absolute Gasteiger partial charge is 0.370 e. The number of carbonyl (C=O) groups is 1. The fourth-order valence-corrected chi connectivity index (χ4v) is 4.33. The van der Waals surface area contributed by atoms with Gasteiger partial charge in [-0.05, 0) is 30.5 Å². The first-order valence-corrected chi connectivity index (χ1v) is 9.90. The van der Waals surface area contributed by atoms with Crippen LogP contribution in [0.1, 0.15) is 29.5 Å². The van der Waals surface area contributed by atoms with Gasteiger partial charge in [0.1, 0.15) is 6.10 Å². The Morgan fingerprint density at radius 1 is 1.15 bits per heavy atom. The quantitative estimate of drug-likeness (QED) is 0.679. The molecule has 0 saturated carbocycles. The maximum atomic E-state index is 12.6. The summed E-state index contributed by atoms with van der Waals surface area (Å²) >= 11 is 1.73. The van der Waals surface area contributed by atoms with E-state index in [-0.39, 0.29) is 12.0 Å². The lowest BCUT2D eigenvalue weighted by Crippen LogP contribution is -2.42. The number of para-hydroxylation sites is 1. The highest BCUT2D eigenvalue weighted by Crippen LogP contribution is 2.24. The molecule has 0 radical (unpaired) electrons. The minimum absolute atomic E-state index is 0.0156. The van der Waals surface area contributed by atoms with Crippen molar-refractivity contribution in [3.63, 3.8) is 0 Å². The van der Waals surface area contributed by atoms with E-state index in [9.17, 15) is 4.79 Å². The molecule has 26 heavy (non-hydrogen) atoms. The Labute approximate surface area is 157 Å². The number of amides is 1. The summed E-state index contributed by atoms with van der Waals surface area (Å²) in [5.74, 6) is 0.218. The third-order valence-electron chi connectivity index (χ3n) is 4.71. The molecule has 0 N–H and O–H groups in total. The van der Waals surface area contributed by atoms with Crippen molar-refractivity contribution in [1.82, 2.24) is 9.88 Å². The minimum atomic E-state index is -0.0156. The number of hydrogen-bond acceptors (Lipinski definition) is 4. The Hall–Kier alpha value is -2.24. The number of thiazole rings is 1. The molecule has 134 valence electrons. The van der Waals surface area contributed by atoms with Crippen LogP contribution in [-0.4, -0.2) is 35.5 Å². The molecule has 2 aromatic carbocycles. The van der Waals surface area contributed by atoms with Crippen LogP contribution < -0.4 is 0 Å². The summed E-state index contributed by atoms with van der Waals surface area (Å²) in [6.45, 7) is 1.93. The van der Waals surface area contributed by atoms with Crippen molar-refractivity contribution >= 4 is 27.5 Å². The third-order valence-corrected chi connectivity index (χ3v) is 5.81. The van der Waals surface area contributed by atoms with Crippen molar-refractivity contribution in [3.05, 3.63) is 65.2 Å². The zero-order valence-corrected chi connectivity index (χ0v) is 15.5. The molecule has 4 nitrogen and oxygen atoms in total. The highest BCUT2D eigenvalue weighted by Gasteiger charge is 2.24. The first-order valence-electron chi connectivity index (χ1n) is 9.08. The lowest BCUT2D eigenvalue weighted by Gasteiger charge is -2.33. The maximum absolute atomic E-state index is 12.6. The Morgan fingerprint density at radius 3 is 2.81 bits per heavy atom. The van der Waals surface area contributed by atoms with Crippen LogP contribution in [0.25, 0.3) is 10.2 Å². The number of aromatic nitrogens is 1. The molecule has 0 aliphatic carbocycles. The Bertz CT molecular complexity index is 845. The first-order chi connectivity index (χ1) is 12.8.